The standard InChI is InChI=1S/C21H23F3N2O4S/c1-12(2)13-4-6-19(18(10-13)21(22,23)24)31(28,29)26-16-7-14-3-5-17(9-15(14)8-16)30-11-20(25)27/h3-6,9-10,12,16,26H,7-8,11H2,1-2H3,(H2,25,27). The summed E-state index contributed by atoms with van der Waals surface area (Å²) >= 11 is 0. The van der Waals surface area contributed by atoms with Crippen molar-refractivity contribution in [3.63, 3.8) is 0 Å². The van der Waals surface area contributed by atoms with Crippen molar-refractivity contribution in [2.24, 2.45) is 5.73 Å². The summed E-state index contributed by atoms with van der Waals surface area (Å²) in [6, 6.07) is 7.75. The van der Waals surface area contributed by atoms with Crippen molar-refractivity contribution in [2.75, 3.05) is 6.61 Å². The first-order chi connectivity index (χ1) is 14.4. The van der Waals surface area contributed by atoms with Gasteiger partial charge in [0, 0.05) is 6.04 Å². The smallest absolute Gasteiger partial charge is 0.417 e. The van der Waals surface area contributed by atoms with Crippen LogP contribution in [0.15, 0.2) is 41.3 Å². The molecule has 0 heterocycles. The van der Waals surface area contributed by atoms with Gasteiger partial charge in [0.25, 0.3) is 5.91 Å². The van der Waals surface area contributed by atoms with E-state index in [0.717, 1.165) is 23.3 Å². The highest BCUT2D eigenvalue weighted by Crippen LogP contribution is 2.36. The minimum Gasteiger partial charge on any atom is -0.484 e. The molecule has 0 fully saturated rings. The number of alkyl halides is 3. The van der Waals surface area contributed by atoms with Crippen LogP contribution in [-0.4, -0.2) is 27.0 Å². The Morgan fingerprint density at radius 3 is 2.45 bits per heavy atom. The van der Waals surface area contributed by atoms with Gasteiger partial charge in [0.05, 0.1) is 10.5 Å². The largest absolute Gasteiger partial charge is 0.484 e. The van der Waals surface area contributed by atoms with E-state index in [1.807, 2.05) is 0 Å². The maximum absolute atomic E-state index is 13.6. The average Bonchev–Trinajstić information content (AvgIpc) is 3.05. The van der Waals surface area contributed by atoms with Gasteiger partial charge in [-0.1, -0.05) is 26.0 Å². The van der Waals surface area contributed by atoms with E-state index in [1.165, 1.54) is 6.07 Å². The van der Waals surface area contributed by atoms with Gasteiger partial charge in [-0.05, 0) is 59.7 Å². The van der Waals surface area contributed by atoms with Crippen LogP contribution in [0, 0.1) is 0 Å². The summed E-state index contributed by atoms with van der Waals surface area (Å²) in [6.45, 7) is 3.18. The summed E-state index contributed by atoms with van der Waals surface area (Å²) in [4.78, 5) is 10.1. The lowest BCUT2D eigenvalue weighted by Crippen LogP contribution is -2.36. The zero-order valence-corrected chi connectivity index (χ0v) is 17.8. The van der Waals surface area contributed by atoms with Gasteiger partial charge in [0.15, 0.2) is 6.61 Å². The summed E-state index contributed by atoms with van der Waals surface area (Å²) < 4.78 is 74.1. The van der Waals surface area contributed by atoms with E-state index in [2.05, 4.69) is 4.72 Å². The van der Waals surface area contributed by atoms with Crippen LogP contribution in [0.25, 0.3) is 0 Å². The Kier molecular flexibility index (Phi) is 6.33. The monoisotopic (exact) mass is 456 g/mol. The quantitative estimate of drug-likeness (QED) is 0.669. The molecule has 10 heteroatoms. The number of hydrogen-bond donors (Lipinski definition) is 2. The number of nitrogens with two attached hydrogens (primary N) is 1. The minimum atomic E-state index is -4.81. The maximum atomic E-state index is 13.6. The maximum Gasteiger partial charge on any atom is 0.417 e. The van der Waals surface area contributed by atoms with Crippen molar-refractivity contribution >= 4 is 15.9 Å². The lowest BCUT2D eigenvalue weighted by molar-refractivity contribution is -0.140. The van der Waals surface area contributed by atoms with Crippen LogP contribution in [0.4, 0.5) is 13.2 Å². The Labute approximate surface area is 178 Å². The molecular weight excluding hydrogens is 433 g/mol. The van der Waals surface area contributed by atoms with Gasteiger partial charge in [-0.2, -0.15) is 13.2 Å². The number of halogens is 3. The highest BCUT2D eigenvalue weighted by Gasteiger charge is 2.38. The average molecular weight is 456 g/mol. The molecule has 3 N–H and O–H groups in total. The van der Waals surface area contributed by atoms with E-state index >= 15 is 0 Å². The Morgan fingerprint density at radius 1 is 1.16 bits per heavy atom. The number of carbonyl (C=O) groups excluding carboxylic acids is 1. The SMILES string of the molecule is CC(C)c1ccc(S(=O)(=O)NC2Cc3ccc(OCC(N)=O)cc3C2)c(C(F)(F)F)c1. The fraction of sp³-hybridized carbons (Fsp3) is 0.381. The number of fused-ring (bicyclic) bond motifs is 1. The highest BCUT2D eigenvalue weighted by atomic mass is 32.2. The van der Waals surface area contributed by atoms with Crippen molar-refractivity contribution < 1.29 is 31.1 Å². The van der Waals surface area contributed by atoms with Crippen LogP contribution < -0.4 is 15.2 Å². The zero-order chi connectivity index (χ0) is 23.0. The molecule has 0 saturated heterocycles. The number of carbonyl (C=O) groups is 1. The zero-order valence-electron chi connectivity index (χ0n) is 17.0. The number of amides is 1. The molecule has 1 aliphatic rings. The third kappa shape index (κ3) is 5.37. The third-order valence-electron chi connectivity index (χ3n) is 5.08. The number of hydrogen-bond acceptors (Lipinski definition) is 4. The first-order valence-electron chi connectivity index (χ1n) is 9.63. The van der Waals surface area contributed by atoms with E-state index in [0.29, 0.717) is 17.7 Å². The second-order valence-electron chi connectivity index (χ2n) is 7.82. The summed E-state index contributed by atoms with van der Waals surface area (Å²) in [6.07, 6.45) is -4.19. The first kappa shape index (κ1) is 23.1. The normalized spacial score (nSPS) is 16.4. The number of rotatable bonds is 7. The Morgan fingerprint density at radius 2 is 1.84 bits per heavy atom. The van der Waals surface area contributed by atoms with Crippen LogP contribution in [0.5, 0.6) is 5.75 Å². The molecule has 31 heavy (non-hydrogen) atoms. The minimum absolute atomic E-state index is 0.180. The number of ether oxygens (including phenoxy) is 1. The molecule has 0 spiro atoms. The van der Waals surface area contributed by atoms with Gasteiger partial charge in [0.1, 0.15) is 5.75 Å². The molecule has 2 aromatic rings. The number of nitrogens with one attached hydrogen (secondary N) is 1. The highest BCUT2D eigenvalue weighted by molar-refractivity contribution is 7.89. The van der Waals surface area contributed by atoms with Crippen LogP contribution in [-0.2, 0) is 33.8 Å². The van der Waals surface area contributed by atoms with Gasteiger partial charge in [-0.15, -0.1) is 0 Å². The summed E-state index contributed by atoms with van der Waals surface area (Å²) in [7, 11) is -4.41. The molecular formula is C21H23F3N2O4S. The van der Waals surface area contributed by atoms with E-state index in [9.17, 15) is 26.4 Å². The van der Waals surface area contributed by atoms with Crippen molar-refractivity contribution in [2.45, 2.75) is 49.7 Å². The van der Waals surface area contributed by atoms with Crippen molar-refractivity contribution in [3.8, 4) is 5.75 Å². The van der Waals surface area contributed by atoms with E-state index < -0.39 is 38.6 Å². The summed E-state index contributed by atoms with van der Waals surface area (Å²) in [5.74, 6) is -0.402. The van der Waals surface area contributed by atoms with Crippen LogP contribution in [0.3, 0.4) is 0 Å². The summed E-state index contributed by atoms with van der Waals surface area (Å²) in [5, 5.41) is 0. The molecule has 0 bridgehead atoms. The molecule has 1 aliphatic carbocycles. The molecule has 2 aromatic carbocycles. The van der Waals surface area contributed by atoms with Crippen molar-refractivity contribution in [1.82, 2.24) is 4.72 Å². The van der Waals surface area contributed by atoms with Gasteiger partial charge in [-0.25, -0.2) is 13.1 Å². The molecule has 1 amide bonds. The Bertz CT molecular complexity index is 1100. The van der Waals surface area contributed by atoms with Crippen LogP contribution in [0.1, 0.15) is 42.0 Å². The van der Waals surface area contributed by atoms with Gasteiger partial charge < -0.3 is 10.5 Å². The van der Waals surface area contributed by atoms with E-state index in [4.69, 9.17) is 10.5 Å². The molecule has 0 saturated carbocycles. The lowest BCUT2D eigenvalue weighted by atomic mass is 10.0. The van der Waals surface area contributed by atoms with Gasteiger partial charge >= 0.3 is 6.18 Å². The second kappa shape index (κ2) is 8.51. The molecule has 6 nitrogen and oxygen atoms in total. The van der Waals surface area contributed by atoms with E-state index in [-0.39, 0.29) is 18.9 Å². The molecule has 3 rings (SSSR count). The fourth-order valence-corrected chi connectivity index (χ4v) is 5.01. The molecule has 168 valence electrons. The van der Waals surface area contributed by atoms with Crippen molar-refractivity contribution in [3.05, 3.63) is 58.7 Å². The fourth-order valence-electron chi connectivity index (χ4n) is 3.57. The molecule has 0 radical (unpaired) electrons. The third-order valence-corrected chi connectivity index (χ3v) is 6.66. The lowest BCUT2D eigenvalue weighted by Gasteiger charge is -2.18. The number of primary amides is 1. The van der Waals surface area contributed by atoms with Crippen LogP contribution in [0.2, 0.25) is 0 Å². The van der Waals surface area contributed by atoms with Crippen molar-refractivity contribution in [1.29, 1.82) is 0 Å². The molecule has 1 atom stereocenters. The number of sulfonamides is 1. The van der Waals surface area contributed by atoms with Gasteiger partial charge in [-0.3, -0.25) is 4.79 Å². The molecule has 0 aliphatic heterocycles. The topological polar surface area (TPSA) is 98.5 Å². The molecule has 1 unspecified atom stereocenters. The first-order valence-corrected chi connectivity index (χ1v) is 11.1. The van der Waals surface area contributed by atoms with E-state index in [1.54, 1.807) is 32.0 Å². The second-order valence-corrected chi connectivity index (χ2v) is 9.50. The predicted octanol–water partition coefficient (Wildman–Crippen LogP) is 3.14. The molecule has 0 aromatic heterocycles. The predicted molar refractivity (Wildman–Crippen MR) is 108 cm³/mol. The van der Waals surface area contributed by atoms with Gasteiger partial charge in [0.2, 0.25) is 10.0 Å². The van der Waals surface area contributed by atoms with Crippen LogP contribution >= 0.6 is 0 Å². The Balaban J connectivity index is 1.82. The Hall–Kier alpha value is -2.59. The summed E-state index contributed by atoms with van der Waals surface area (Å²) in [5.41, 5.74) is 5.92. The number of benzene rings is 2.